The van der Waals surface area contributed by atoms with Gasteiger partial charge in [-0.15, -0.1) is 11.6 Å². The van der Waals surface area contributed by atoms with Crippen LogP contribution in [-0.2, 0) is 0 Å². The average Bonchev–Trinajstić information content (AvgIpc) is 2.36. The quantitative estimate of drug-likeness (QED) is 0.789. The fourth-order valence-electron chi connectivity index (χ4n) is 1.89. The molecule has 0 heterocycles. The summed E-state index contributed by atoms with van der Waals surface area (Å²) in [5.74, 6) is 0.00788. The molecule has 106 valence electrons. The molecule has 1 aromatic rings. The first-order valence-electron chi connectivity index (χ1n) is 6.46. The summed E-state index contributed by atoms with van der Waals surface area (Å²) < 4.78 is 13.2. The monoisotopic (exact) mass is 285 g/mol. The summed E-state index contributed by atoms with van der Waals surface area (Å²) in [6.07, 6.45) is 1.86. The lowest BCUT2D eigenvalue weighted by Gasteiger charge is -2.24. The van der Waals surface area contributed by atoms with Crippen LogP contribution in [0.4, 0.5) is 4.39 Å². The first kappa shape index (κ1) is 16.0. The molecule has 0 fully saturated rings. The first-order valence-corrected chi connectivity index (χ1v) is 6.99. The van der Waals surface area contributed by atoms with Crippen LogP contribution >= 0.6 is 11.6 Å². The highest BCUT2D eigenvalue weighted by atomic mass is 35.5. The van der Waals surface area contributed by atoms with Gasteiger partial charge in [0, 0.05) is 18.0 Å². The van der Waals surface area contributed by atoms with Gasteiger partial charge in [0.05, 0.1) is 0 Å². The van der Waals surface area contributed by atoms with Gasteiger partial charge in [-0.2, -0.15) is 0 Å². The minimum absolute atomic E-state index is 0.00815. The van der Waals surface area contributed by atoms with Gasteiger partial charge in [0.15, 0.2) is 0 Å². The lowest BCUT2D eigenvalue weighted by atomic mass is 9.88. The van der Waals surface area contributed by atoms with Gasteiger partial charge in [-0.3, -0.25) is 4.79 Å². The Hall–Kier alpha value is -1.09. The Morgan fingerprint density at radius 1 is 1.42 bits per heavy atom. The van der Waals surface area contributed by atoms with Crippen LogP contribution in [0.3, 0.4) is 0 Å². The van der Waals surface area contributed by atoms with Gasteiger partial charge in [0.2, 0.25) is 0 Å². The van der Waals surface area contributed by atoms with Gasteiger partial charge in [0.1, 0.15) is 5.82 Å². The summed E-state index contributed by atoms with van der Waals surface area (Å²) in [7, 11) is 0. The smallest absolute Gasteiger partial charge is 0.251 e. The van der Waals surface area contributed by atoms with E-state index in [0.29, 0.717) is 18.0 Å². The van der Waals surface area contributed by atoms with Crippen molar-refractivity contribution in [3.8, 4) is 0 Å². The van der Waals surface area contributed by atoms with Crippen LogP contribution in [0.2, 0.25) is 0 Å². The van der Waals surface area contributed by atoms with E-state index in [1.165, 1.54) is 12.1 Å². The van der Waals surface area contributed by atoms with E-state index in [9.17, 15) is 9.18 Å². The highest BCUT2D eigenvalue weighted by Gasteiger charge is 2.19. The number of carbonyl (C=O) groups excluding carboxylic acids is 1. The van der Waals surface area contributed by atoms with Crippen LogP contribution in [0, 0.1) is 18.2 Å². The molecule has 0 bridgehead atoms. The summed E-state index contributed by atoms with van der Waals surface area (Å²) in [4.78, 5) is 12.0. The maximum absolute atomic E-state index is 13.2. The van der Waals surface area contributed by atoms with Crippen molar-refractivity contribution in [2.45, 2.75) is 33.6 Å². The number of benzene rings is 1. The molecule has 0 aliphatic heterocycles. The normalized spacial score (nSPS) is 11.4. The molecule has 0 spiro atoms. The number of carbonyl (C=O) groups is 1. The Balaban J connectivity index is 2.62. The summed E-state index contributed by atoms with van der Waals surface area (Å²) >= 11 is 5.68. The SMILES string of the molecule is Cc1ccc(F)cc1C(=O)NCC(C)(C)CCCCl. The van der Waals surface area contributed by atoms with E-state index in [0.717, 1.165) is 18.4 Å². The molecule has 19 heavy (non-hydrogen) atoms. The number of hydrogen-bond donors (Lipinski definition) is 1. The Morgan fingerprint density at radius 2 is 2.11 bits per heavy atom. The topological polar surface area (TPSA) is 29.1 Å². The van der Waals surface area contributed by atoms with Crippen LogP contribution in [0.1, 0.15) is 42.6 Å². The van der Waals surface area contributed by atoms with Crippen molar-refractivity contribution in [2.75, 3.05) is 12.4 Å². The van der Waals surface area contributed by atoms with Crippen molar-refractivity contribution in [3.63, 3.8) is 0 Å². The van der Waals surface area contributed by atoms with E-state index < -0.39 is 5.82 Å². The minimum Gasteiger partial charge on any atom is -0.351 e. The maximum atomic E-state index is 13.2. The number of aryl methyl sites for hydroxylation is 1. The van der Waals surface area contributed by atoms with Gasteiger partial charge in [-0.05, 0) is 42.9 Å². The number of hydrogen-bond acceptors (Lipinski definition) is 1. The second kappa shape index (κ2) is 6.90. The van der Waals surface area contributed by atoms with Gasteiger partial charge in [0.25, 0.3) is 5.91 Å². The van der Waals surface area contributed by atoms with Gasteiger partial charge in [-0.25, -0.2) is 4.39 Å². The third-order valence-electron chi connectivity index (χ3n) is 3.16. The molecule has 1 N–H and O–H groups in total. The van der Waals surface area contributed by atoms with Gasteiger partial charge < -0.3 is 5.32 Å². The molecule has 1 rings (SSSR count). The fourth-order valence-corrected chi connectivity index (χ4v) is 2.02. The van der Waals surface area contributed by atoms with E-state index in [1.807, 2.05) is 0 Å². The molecule has 4 heteroatoms. The maximum Gasteiger partial charge on any atom is 0.251 e. The number of alkyl halides is 1. The molecular weight excluding hydrogens is 265 g/mol. The summed E-state index contributed by atoms with van der Waals surface area (Å²) in [6, 6.07) is 4.25. The molecule has 0 aliphatic rings. The number of rotatable bonds is 6. The second-order valence-electron chi connectivity index (χ2n) is 5.60. The van der Waals surface area contributed by atoms with Crippen LogP contribution in [0.15, 0.2) is 18.2 Å². The molecule has 1 amide bonds. The summed E-state index contributed by atoms with van der Waals surface area (Å²) in [5, 5.41) is 2.87. The summed E-state index contributed by atoms with van der Waals surface area (Å²) in [5.41, 5.74) is 1.16. The Morgan fingerprint density at radius 3 is 2.74 bits per heavy atom. The molecule has 0 atom stereocenters. The lowest BCUT2D eigenvalue weighted by Crippen LogP contribution is -2.34. The molecular formula is C15H21ClFNO. The van der Waals surface area contributed by atoms with Crippen LogP contribution in [0.5, 0.6) is 0 Å². The highest BCUT2D eigenvalue weighted by molar-refractivity contribution is 6.17. The van der Waals surface area contributed by atoms with Gasteiger partial charge in [-0.1, -0.05) is 19.9 Å². The standard InChI is InChI=1S/C15H21ClFNO/c1-11-5-6-12(17)9-13(11)14(19)18-10-15(2,3)7-4-8-16/h5-6,9H,4,7-8,10H2,1-3H3,(H,18,19). The Bertz CT molecular complexity index is 446. The molecule has 2 nitrogen and oxygen atoms in total. The molecule has 0 saturated heterocycles. The molecule has 0 saturated carbocycles. The average molecular weight is 286 g/mol. The Kier molecular flexibility index (Phi) is 5.80. The van der Waals surface area contributed by atoms with E-state index in [4.69, 9.17) is 11.6 Å². The Labute approximate surface area is 119 Å². The predicted octanol–water partition coefficient (Wildman–Crippen LogP) is 3.91. The van der Waals surface area contributed by atoms with Crippen molar-refractivity contribution in [1.29, 1.82) is 0 Å². The second-order valence-corrected chi connectivity index (χ2v) is 5.98. The van der Waals surface area contributed by atoms with Crippen molar-refractivity contribution in [2.24, 2.45) is 5.41 Å². The molecule has 0 aliphatic carbocycles. The third-order valence-corrected chi connectivity index (χ3v) is 3.43. The van der Waals surface area contributed by atoms with Crippen molar-refractivity contribution >= 4 is 17.5 Å². The van der Waals surface area contributed by atoms with E-state index in [1.54, 1.807) is 13.0 Å². The van der Waals surface area contributed by atoms with Crippen LogP contribution in [-0.4, -0.2) is 18.3 Å². The minimum atomic E-state index is -0.392. The molecule has 0 aromatic heterocycles. The highest BCUT2D eigenvalue weighted by Crippen LogP contribution is 2.21. The fraction of sp³-hybridized carbons (Fsp3) is 0.533. The van der Waals surface area contributed by atoms with Gasteiger partial charge >= 0.3 is 0 Å². The van der Waals surface area contributed by atoms with Crippen LogP contribution in [0.25, 0.3) is 0 Å². The van der Waals surface area contributed by atoms with Crippen molar-refractivity contribution in [3.05, 3.63) is 35.1 Å². The predicted molar refractivity (Wildman–Crippen MR) is 77.2 cm³/mol. The zero-order valence-electron chi connectivity index (χ0n) is 11.7. The van der Waals surface area contributed by atoms with Crippen LogP contribution < -0.4 is 5.32 Å². The lowest BCUT2D eigenvalue weighted by molar-refractivity contribution is 0.0933. The zero-order chi connectivity index (χ0) is 14.5. The first-order chi connectivity index (χ1) is 8.85. The number of halogens is 2. The van der Waals surface area contributed by atoms with Crippen molar-refractivity contribution < 1.29 is 9.18 Å². The zero-order valence-corrected chi connectivity index (χ0v) is 12.5. The number of nitrogens with one attached hydrogen (secondary N) is 1. The van der Waals surface area contributed by atoms with E-state index in [-0.39, 0.29) is 11.3 Å². The summed E-state index contributed by atoms with van der Waals surface area (Å²) in [6.45, 7) is 6.52. The third kappa shape index (κ3) is 5.19. The molecule has 1 aromatic carbocycles. The van der Waals surface area contributed by atoms with E-state index in [2.05, 4.69) is 19.2 Å². The molecule has 0 unspecified atom stereocenters. The number of amides is 1. The van der Waals surface area contributed by atoms with E-state index >= 15 is 0 Å². The molecule has 0 radical (unpaired) electrons. The van der Waals surface area contributed by atoms with Crippen molar-refractivity contribution in [1.82, 2.24) is 5.32 Å². The largest absolute Gasteiger partial charge is 0.351 e.